The number of fused-ring (bicyclic) bond motifs is 1. The largest absolute Gasteiger partial charge is 0.508 e. The highest BCUT2D eigenvalue weighted by Crippen LogP contribution is 2.32. The van der Waals surface area contributed by atoms with Crippen molar-refractivity contribution in [3.63, 3.8) is 0 Å². The number of nitrogens with zero attached hydrogens (tertiary/aromatic N) is 1. The number of amides is 1. The molecular weight excluding hydrogens is 273 g/mol. The Bertz CT molecular complexity index is 687. The third-order valence-electron chi connectivity index (χ3n) is 3.37. The molecule has 2 aromatic carbocycles. The first-order valence-electron chi connectivity index (χ1n) is 6.69. The van der Waals surface area contributed by atoms with Gasteiger partial charge in [0.1, 0.15) is 17.3 Å². The number of aromatic hydroxyl groups is 1. The van der Waals surface area contributed by atoms with E-state index in [0.29, 0.717) is 31.0 Å². The van der Waals surface area contributed by atoms with Crippen LogP contribution in [-0.4, -0.2) is 24.2 Å². The lowest BCUT2D eigenvalue weighted by molar-refractivity contribution is 0.0983. The number of carbonyl (C=O) groups is 1. The van der Waals surface area contributed by atoms with E-state index in [1.54, 1.807) is 18.2 Å². The molecule has 0 aliphatic carbocycles. The Labute approximate surface area is 121 Å². The molecular formula is C16H14FNO3. The topological polar surface area (TPSA) is 49.8 Å². The normalized spacial score (nSPS) is 14.0. The predicted octanol–water partition coefficient (Wildman–Crippen LogP) is 2.96. The quantitative estimate of drug-likeness (QED) is 0.877. The number of phenols is 1. The van der Waals surface area contributed by atoms with Gasteiger partial charge in [-0.25, -0.2) is 4.39 Å². The minimum Gasteiger partial charge on any atom is -0.508 e. The van der Waals surface area contributed by atoms with E-state index in [-0.39, 0.29) is 11.3 Å². The number of hydrogen-bond donors (Lipinski definition) is 1. The molecule has 0 saturated carbocycles. The Morgan fingerprint density at radius 1 is 1.24 bits per heavy atom. The second kappa shape index (κ2) is 5.44. The zero-order valence-corrected chi connectivity index (χ0v) is 11.3. The van der Waals surface area contributed by atoms with E-state index < -0.39 is 11.7 Å². The predicted molar refractivity (Wildman–Crippen MR) is 76.3 cm³/mol. The number of anilines is 1. The van der Waals surface area contributed by atoms with E-state index in [4.69, 9.17) is 4.74 Å². The van der Waals surface area contributed by atoms with E-state index in [0.717, 1.165) is 6.07 Å². The Morgan fingerprint density at radius 3 is 2.86 bits per heavy atom. The van der Waals surface area contributed by atoms with Crippen molar-refractivity contribution in [1.82, 2.24) is 0 Å². The van der Waals surface area contributed by atoms with Gasteiger partial charge in [0.2, 0.25) is 0 Å². The highest BCUT2D eigenvalue weighted by atomic mass is 19.1. The standard InChI is InChI=1S/C16H14FNO3/c17-13-10-11(19)6-7-12(13)16(20)18-8-3-9-21-15-5-2-1-4-14(15)18/h1-2,4-7,10,19H,3,8-9H2. The zero-order valence-electron chi connectivity index (χ0n) is 11.3. The molecule has 1 aliphatic heterocycles. The first-order valence-corrected chi connectivity index (χ1v) is 6.69. The van der Waals surface area contributed by atoms with Gasteiger partial charge in [0.05, 0.1) is 17.9 Å². The molecule has 1 amide bonds. The van der Waals surface area contributed by atoms with Crippen LogP contribution in [0.15, 0.2) is 42.5 Å². The molecule has 1 aliphatic rings. The third-order valence-corrected chi connectivity index (χ3v) is 3.37. The summed E-state index contributed by atoms with van der Waals surface area (Å²) in [6, 6.07) is 10.7. The van der Waals surface area contributed by atoms with Crippen LogP contribution in [0.25, 0.3) is 0 Å². The van der Waals surface area contributed by atoms with Gasteiger partial charge < -0.3 is 14.7 Å². The summed E-state index contributed by atoms with van der Waals surface area (Å²) in [6.07, 6.45) is 0.667. The van der Waals surface area contributed by atoms with Crippen molar-refractivity contribution in [1.29, 1.82) is 0 Å². The lowest BCUT2D eigenvalue weighted by atomic mass is 10.1. The van der Waals surface area contributed by atoms with Gasteiger partial charge in [-0.15, -0.1) is 0 Å². The highest BCUT2D eigenvalue weighted by molar-refractivity contribution is 6.07. The highest BCUT2D eigenvalue weighted by Gasteiger charge is 2.25. The molecule has 1 heterocycles. The molecule has 0 atom stereocenters. The number of carbonyl (C=O) groups excluding carboxylic acids is 1. The summed E-state index contributed by atoms with van der Waals surface area (Å²) < 4.78 is 19.5. The van der Waals surface area contributed by atoms with Crippen LogP contribution in [0.2, 0.25) is 0 Å². The van der Waals surface area contributed by atoms with Crippen LogP contribution in [0.1, 0.15) is 16.8 Å². The van der Waals surface area contributed by atoms with Gasteiger partial charge in [0.25, 0.3) is 5.91 Å². The number of para-hydroxylation sites is 2. The van der Waals surface area contributed by atoms with E-state index in [9.17, 15) is 14.3 Å². The van der Waals surface area contributed by atoms with Crippen LogP contribution in [-0.2, 0) is 0 Å². The van der Waals surface area contributed by atoms with Crippen LogP contribution < -0.4 is 9.64 Å². The molecule has 0 radical (unpaired) electrons. The fourth-order valence-corrected chi connectivity index (χ4v) is 2.36. The maximum absolute atomic E-state index is 13.9. The van der Waals surface area contributed by atoms with Crippen LogP contribution in [0.4, 0.5) is 10.1 Å². The first kappa shape index (κ1) is 13.4. The van der Waals surface area contributed by atoms with Crippen LogP contribution in [0.3, 0.4) is 0 Å². The summed E-state index contributed by atoms with van der Waals surface area (Å²) in [5.41, 5.74) is 0.567. The molecule has 0 unspecified atom stereocenters. The van der Waals surface area contributed by atoms with Gasteiger partial charge in [-0.05, 0) is 30.7 Å². The van der Waals surface area contributed by atoms with Crippen molar-refractivity contribution in [3.8, 4) is 11.5 Å². The number of ether oxygens (including phenoxy) is 1. The van der Waals surface area contributed by atoms with Crippen LogP contribution >= 0.6 is 0 Å². The molecule has 2 aromatic rings. The van der Waals surface area contributed by atoms with Crippen molar-refractivity contribution in [2.75, 3.05) is 18.1 Å². The van der Waals surface area contributed by atoms with Gasteiger partial charge in [-0.2, -0.15) is 0 Å². The zero-order chi connectivity index (χ0) is 14.8. The van der Waals surface area contributed by atoms with Crippen LogP contribution in [0.5, 0.6) is 11.5 Å². The number of halogens is 1. The van der Waals surface area contributed by atoms with Gasteiger partial charge in [0, 0.05) is 12.6 Å². The average molecular weight is 287 g/mol. The molecule has 3 rings (SSSR count). The number of hydrogen-bond acceptors (Lipinski definition) is 3. The summed E-state index contributed by atoms with van der Waals surface area (Å²) in [6.45, 7) is 0.967. The minimum atomic E-state index is -0.734. The Hall–Kier alpha value is -2.56. The van der Waals surface area contributed by atoms with Gasteiger partial charge >= 0.3 is 0 Å². The third kappa shape index (κ3) is 2.54. The van der Waals surface area contributed by atoms with E-state index >= 15 is 0 Å². The number of benzene rings is 2. The average Bonchev–Trinajstić information content (AvgIpc) is 2.69. The summed E-state index contributed by atoms with van der Waals surface area (Å²) in [7, 11) is 0. The second-order valence-corrected chi connectivity index (χ2v) is 4.79. The molecule has 0 bridgehead atoms. The smallest absolute Gasteiger partial charge is 0.261 e. The molecule has 108 valence electrons. The second-order valence-electron chi connectivity index (χ2n) is 4.79. The maximum Gasteiger partial charge on any atom is 0.261 e. The first-order chi connectivity index (χ1) is 10.2. The lowest BCUT2D eigenvalue weighted by Gasteiger charge is -2.22. The van der Waals surface area contributed by atoms with E-state index in [1.807, 2.05) is 6.07 Å². The van der Waals surface area contributed by atoms with Crippen molar-refractivity contribution in [2.45, 2.75) is 6.42 Å². The molecule has 4 nitrogen and oxygen atoms in total. The summed E-state index contributed by atoms with van der Waals surface area (Å²) >= 11 is 0. The van der Waals surface area contributed by atoms with Gasteiger partial charge in [-0.3, -0.25) is 4.79 Å². The molecule has 1 N–H and O–H groups in total. The van der Waals surface area contributed by atoms with Gasteiger partial charge in [0.15, 0.2) is 0 Å². The van der Waals surface area contributed by atoms with Crippen molar-refractivity contribution >= 4 is 11.6 Å². The van der Waals surface area contributed by atoms with Gasteiger partial charge in [-0.1, -0.05) is 12.1 Å². The SMILES string of the molecule is O=C(c1ccc(O)cc1F)N1CCCOc2ccccc21. The van der Waals surface area contributed by atoms with E-state index in [1.165, 1.54) is 17.0 Å². The Morgan fingerprint density at radius 2 is 2.05 bits per heavy atom. The number of phenolic OH excluding ortho intramolecular Hbond substituents is 1. The fourth-order valence-electron chi connectivity index (χ4n) is 2.36. The molecule has 21 heavy (non-hydrogen) atoms. The molecule has 5 heteroatoms. The maximum atomic E-state index is 13.9. The summed E-state index contributed by atoms with van der Waals surface area (Å²) in [5.74, 6) is -0.765. The van der Waals surface area contributed by atoms with Crippen molar-refractivity contribution in [2.24, 2.45) is 0 Å². The fraction of sp³-hybridized carbons (Fsp3) is 0.188. The summed E-state index contributed by atoms with van der Waals surface area (Å²) in [5, 5.41) is 9.25. The Kier molecular flexibility index (Phi) is 3.48. The summed E-state index contributed by atoms with van der Waals surface area (Å²) in [4.78, 5) is 14.1. The minimum absolute atomic E-state index is 0.0653. The number of rotatable bonds is 1. The molecule has 0 fully saturated rings. The Balaban J connectivity index is 2.01. The van der Waals surface area contributed by atoms with Crippen molar-refractivity contribution < 1.29 is 19.0 Å². The lowest BCUT2D eigenvalue weighted by Crippen LogP contribution is -2.32. The monoisotopic (exact) mass is 287 g/mol. The van der Waals surface area contributed by atoms with Crippen LogP contribution in [0, 0.1) is 5.82 Å². The molecule has 0 aromatic heterocycles. The van der Waals surface area contributed by atoms with Crippen molar-refractivity contribution in [3.05, 3.63) is 53.8 Å². The van der Waals surface area contributed by atoms with E-state index in [2.05, 4.69) is 0 Å². The molecule has 0 spiro atoms. The molecule has 0 saturated heterocycles.